The maximum Gasteiger partial charge on any atom is 0.220 e. The molecule has 3 rings (SSSR count). The molecule has 1 aromatic carbocycles. The van der Waals surface area contributed by atoms with Crippen LogP contribution in [0.1, 0.15) is 36.4 Å². The lowest BCUT2D eigenvalue weighted by Gasteiger charge is -2.13. The Bertz CT molecular complexity index is 473. The molecule has 18 heavy (non-hydrogen) atoms. The van der Waals surface area contributed by atoms with Crippen LogP contribution in [0.2, 0.25) is 0 Å². The van der Waals surface area contributed by atoms with Crippen molar-refractivity contribution in [1.82, 2.24) is 5.32 Å². The van der Waals surface area contributed by atoms with Crippen molar-refractivity contribution in [2.75, 3.05) is 6.61 Å². The van der Waals surface area contributed by atoms with Gasteiger partial charge in [-0.3, -0.25) is 4.79 Å². The molecule has 2 atom stereocenters. The minimum atomic E-state index is 0.128. The van der Waals surface area contributed by atoms with Crippen LogP contribution in [0.15, 0.2) is 18.2 Å². The van der Waals surface area contributed by atoms with Gasteiger partial charge in [0.05, 0.1) is 6.04 Å². The van der Waals surface area contributed by atoms with Crippen molar-refractivity contribution in [2.24, 2.45) is 5.73 Å². The van der Waals surface area contributed by atoms with Gasteiger partial charge in [0.15, 0.2) is 0 Å². The first-order chi connectivity index (χ1) is 8.72. The third kappa shape index (κ3) is 2.20. The van der Waals surface area contributed by atoms with Crippen molar-refractivity contribution < 1.29 is 9.53 Å². The van der Waals surface area contributed by atoms with Gasteiger partial charge in [0.1, 0.15) is 12.4 Å². The molecular formula is C14H18N2O2. The molecular weight excluding hydrogens is 228 g/mol. The Morgan fingerprint density at radius 2 is 2.22 bits per heavy atom. The molecule has 0 bridgehead atoms. The van der Waals surface area contributed by atoms with Crippen molar-refractivity contribution in [3.05, 3.63) is 29.3 Å². The number of nitrogens with two attached hydrogens (primary N) is 1. The number of fused-ring (bicyclic) bond motifs is 1. The first kappa shape index (κ1) is 11.5. The molecule has 0 saturated carbocycles. The summed E-state index contributed by atoms with van der Waals surface area (Å²) in [7, 11) is 0. The van der Waals surface area contributed by atoms with Gasteiger partial charge < -0.3 is 15.8 Å². The van der Waals surface area contributed by atoms with Gasteiger partial charge in [-0.15, -0.1) is 0 Å². The molecule has 1 unspecified atom stereocenters. The number of ether oxygens (including phenoxy) is 1. The molecule has 4 heteroatoms. The van der Waals surface area contributed by atoms with Crippen LogP contribution in [0.4, 0.5) is 0 Å². The SMILES string of the molecule is N[C@@H]1CCc2cc(OCC3CCC(=O)N3)ccc21. The lowest BCUT2D eigenvalue weighted by molar-refractivity contribution is -0.119. The molecule has 1 fully saturated rings. The van der Waals surface area contributed by atoms with Gasteiger partial charge in [-0.25, -0.2) is 0 Å². The number of benzene rings is 1. The molecule has 1 aliphatic carbocycles. The summed E-state index contributed by atoms with van der Waals surface area (Å²) in [6.07, 6.45) is 3.55. The van der Waals surface area contributed by atoms with Gasteiger partial charge in [0, 0.05) is 12.5 Å². The van der Waals surface area contributed by atoms with Gasteiger partial charge in [0.25, 0.3) is 0 Å². The molecule has 1 heterocycles. The summed E-state index contributed by atoms with van der Waals surface area (Å²) >= 11 is 0. The van der Waals surface area contributed by atoms with Crippen molar-refractivity contribution in [3.8, 4) is 5.75 Å². The average Bonchev–Trinajstić information content (AvgIpc) is 2.94. The zero-order valence-electron chi connectivity index (χ0n) is 10.3. The second-order valence-corrected chi connectivity index (χ2v) is 5.12. The average molecular weight is 246 g/mol. The van der Waals surface area contributed by atoms with E-state index in [1.165, 1.54) is 11.1 Å². The molecule has 0 radical (unpaired) electrons. The molecule has 96 valence electrons. The molecule has 2 aliphatic rings. The standard InChI is InChI=1S/C14H18N2O2/c15-13-5-1-9-7-11(3-4-12(9)13)18-8-10-2-6-14(17)16-10/h3-4,7,10,13H,1-2,5-6,8,15H2,(H,16,17)/t10?,13-/m1/s1. The second kappa shape index (κ2) is 4.61. The normalized spacial score (nSPS) is 25.9. The first-order valence-electron chi connectivity index (χ1n) is 6.53. The van der Waals surface area contributed by atoms with Crippen LogP contribution in [0.5, 0.6) is 5.75 Å². The quantitative estimate of drug-likeness (QED) is 0.844. The minimum absolute atomic E-state index is 0.128. The van der Waals surface area contributed by atoms with E-state index in [4.69, 9.17) is 10.5 Å². The summed E-state index contributed by atoms with van der Waals surface area (Å²) in [5.41, 5.74) is 8.55. The number of rotatable bonds is 3. The number of hydrogen-bond acceptors (Lipinski definition) is 3. The highest BCUT2D eigenvalue weighted by molar-refractivity contribution is 5.78. The van der Waals surface area contributed by atoms with Crippen LogP contribution >= 0.6 is 0 Å². The van der Waals surface area contributed by atoms with E-state index in [0.717, 1.165) is 25.0 Å². The molecule has 3 N–H and O–H groups in total. The molecule has 1 saturated heterocycles. The monoisotopic (exact) mass is 246 g/mol. The smallest absolute Gasteiger partial charge is 0.220 e. The van der Waals surface area contributed by atoms with Crippen LogP contribution in [0.3, 0.4) is 0 Å². The first-order valence-corrected chi connectivity index (χ1v) is 6.53. The Balaban J connectivity index is 1.62. The van der Waals surface area contributed by atoms with Gasteiger partial charge in [-0.2, -0.15) is 0 Å². The summed E-state index contributed by atoms with van der Waals surface area (Å²) in [4.78, 5) is 11.1. The largest absolute Gasteiger partial charge is 0.491 e. The Labute approximate surface area is 107 Å². The van der Waals surface area contributed by atoms with Crippen LogP contribution in [0, 0.1) is 0 Å². The highest BCUT2D eigenvalue weighted by Gasteiger charge is 2.22. The van der Waals surface area contributed by atoms with E-state index in [1.807, 2.05) is 6.07 Å². The van der Waals surface area contributed by atoms with Crippen LogP contribution in [-0.4, -0.2) is 18.6 Å². The topological polar surface area (TPSA) is 64.3 Å². The predicted octanol–water partition coefficient (Wildman–Crippen LogP) is 1.29. The zero-order chi connectivity index (χ0) is 12.5. The minimum Gasteiger partial charge on any atom is -0.491 e. The third-order valence-corrected chi connectivity index (χ3v) is 3.77. The molecule has 1 amide bonds. The van der Waals surface area contributed by atoms with E-state index < -0.39 is 0 Å². The fraction of sp³-hybridized carbons (Fsp3) is 0.500. The lowest BCUT2D eigenvalue weighted by atomic mass is 10.1. The lowest BCUT2D eigenvalue weighted by Crippen LogP contribution is -2.30. The van der Waals surface area contributed by atoms with E-state index in [9.17, 15) is 4.79 Å². The molecule has 4 nitrogen and oxygen atoms in total. The number of hydrogen-bond donors (Lipinski definition) is 2. The van der Waals surface area contributed by atoms with Gasteiger partial charge in [0.2, 0.25) is 5.91 Å². The van der Waals surface area contributed by atoms with Crippen molar-refractivity contribution in [1.29, 1.82) is 0 Å². The van der Waals surface area contributed by atoms with Crippen molar-refractivity contribution >= 4 is 5.91 Å². The van der Waals surface area contributed by atoms with Crippen LogP contribution < -0.4 is 15.8 Å². The Morgan fingerprint density at radius 1 is 1.33 bits per heavy atom. The summed E-state index contributed by atoms with van der Waals surface area (Å²) in [5, 5.41) is 2.90. The van der Waals surface area contributed by atoms with E-state index in [0.29, 0.717) is 13.0 Å². The highest BCUT2D eigenvalue weighted by Crippen LogP contribution is 2.31. The zero-order valence-corrected chi connectivity index (χ0v) is 10.3. The van der Waals surface area contributed by atoms with Crippen LogP contribution in [-0.2, 0) is 11.2 Å². The van der Waals surface area contributed by atoms with E-state index in [2.05, 4.69) is 17.4 Å². The molecule has 0 spiro atoms. The predicted molar refractivity (Wildman–Crippen MR) is 68.4 cm³/mol. The summed E-state index contributed by atoms with van der Waals surface area (Å²) in [6.45, 7) is 0.552. The Morgan fingerprint density at radius 3 is 3.00 bits per heavy atom. The maximum atomic E-state index is 11.1. The van der Waals surface area contributed by atoms with E-state index in [-0.39, 0.29) is 18.0 Å². The summed E-state index contributed by atoms with van der Waals surface area (Å²) < 4.78 is 5.74. The third-order valence-electron chi connectivity index (χ3n) is 3.77. The van der Waals surface area contributed by atoms with Gasteiger partial charge in [-0.05, 0) is 42.5 Å². The van der Waals surface area contributed by atoms with Gasteiger partial charge in [-0.1, -0.05) is 6.07 Å². The maximum absolute atomic E-state index is 11.1. The number of aryl methyl sites for hydroxylation is 1. The highest BCUT2D eigenvalue weighted by atomic mass is 16.5. The van der Waals surface area contributed by atoms with E-state index >= 15 is 0 Å². The number of nitrogens with one attached hydrogen (secondary N) is 1. The Kier molecular flexibility index (Phi) is 2.96. The second-order valence-electron chi connectivity index (χ2n) is 5.12. The number of amides is 1. The molecule has 1 aliphatic heterocycles. The molecule has 0 aromatic heterocycles. The summed E-state index contributed by atoms with van der Waals surface area (Å²) in [6, 6.07) is 6.46. The van der Waals surface area contributed by atoms with Crippen molar-refractivity contribution in [2.45, 2.75) is 37.8 Å². The number of carbonyl (C=O) groups is 1. The van der Waals surface area contributed by atoms with Gasteiger partial charge >= 0.3 is 0 Å². The fourth-order valence-electron chi connectivity index (χ4n) is 2.72. The molecule has 1 aromatic rings. The summed E-state index contributed by atoms with van der Waals surface area (Å²) in [5.74, 6) is 1.01. The van der Waals surface area contributed by atoms with E-state index in [1.54, 1.807) is 0 Å². The van der Waals surface area contributed by atoms with Crippen LogP contribution in [0.25, 0.3) is 0 Å². The fourth-order valence-corrected chi connectivity index (χ4v) is 2.72. The Hall–Kier alpha value is -1.55. The van der Waals surface area contributed by atoms with Crippen molar-refractivity contribution in [3.63, 3.8) is 0 Å². The number of carbonyl (C=O) groups excluding carboxylic acids is 1.